The number of aryl methyl sites for hydroxylation is 1. The van der Waals surface area contributed by atoms with Gasteiger partial charge in [0.25, 0.3) is 0 Å². The molecule has 1 amide bonds. The average Bonchev–Trinajstić information content (AvgIpc) is 2.96. The first kappa shape index (κ1) is 16.8. The third kappa shape index (κ3) is 3.81. The summed E-state index contributed by atoms with van der Waals surface area (Å²) in [7, 11) is 0. The molecular weight excluding hydrogens is 321 g/mol. The Morgan fingerprint density at radius 2 is 2.09 bits per heavy atom. The summed E-state index contributed by atoms with van der Waals surface area (Å²) in [5.41, 5.74) is 1.95. The lowest BCUT2D eigenvalue weighted by Gasteiger charge is -2.26. The van der Waals surface area contributed by atoms with Gasteiger partial charge in [0.1, 0.15) is 12.0 Å². The molecule has 2 rings (SSSR count). The lowest BCUT2D eigenvalue weighted by molar-refractivity contribution is -0.118. The number of rotatable bonds is 6. The van der Waals surface area contributed by atoms with Crippen molar-refractivity contribution in [2.75, 3.05) is 4.90 Å². The maximum absolute atomic E-state index is 12.7. The molecule has 0 N–H and O–H groups in total. The zero-order valence-corrected chi connectivity index (χ0v) is 14.2. The number of carbonyl (C=O) groups is 1. The van der Waals surface area contributed by atoms with Crippen molar-refractivity contribution in [3.05, 3.63) is 47.2 Å². The summed E-state index contributed by atoms with van der Waals surface area (Å²) in [5.74, 6) is -0.128. The van der Waals surface area contributed by atoms with Crippen LogP contribution in [-0.2, 0) is 17.9 Å². The summed E-state index contributed by atoms with van der Waals surface area (Å²) in [6.45, 7) is 4.24. The zero-order chi connectivity index (χ0) is 16.1. The molecule has 6 heteroatoms. The first-order valence-corrected chi connectivity index (χ1v) is 8.09. The van der Waals surface area contributed by atoms with Crippen LogP contribution in [0.2, 0.25) is 5.02 Å². The highest BCUT2D eigenvalue weighted by Crippen LogP contribution is 2.24. The molecule has 0 aliphatic carbocycles. The molecule has 1 atom stereocenters. The van der Waals surface area contributed by atoms with Gasteiger partial charge in [0, 0.05) is 11.9 Å². The molecular formula is C16H19Cl2N3O. The largest absolute Gasteiger partial charge is 0.291 e. The quantitative estimate of drug-likeness (QED) is 0.743. The molecule has 118 valence electrons. The molecule has 1 heterocycles. The van der Waals surface area contributed by atoms with E-state index in [0.29, 0.717) is 11.4 Å². The molecule has 0 spiro atoms. The Morgan fingerprint density at radius 3 is 2.68 bits per heavy atom. The summed E-state index contributed by atoms with van der Waals surface area (Å²) in [4.78, 5) is 14.3. The van der Waals surface area contributed by atoms with E-state index in [1.165, 1.54) is 0 Å². The third-order valence-electron chi connectivity index (χ3n) is 3.44. The van der Waals surface area contributed by atoms with E-state index in [1.807, 2.05) is 31.2 Å². The fraction of sp³-hybridized carbons (Fsp3) is 0.375. The maximum Gasteiger partial charge on any atom is 0.246 e. The first-order chi connectivity index (χ1) is 10.6. The maximum atomic E-state index is 12.7. The van der Waals surface area contributed by atoms with Crippen LogP contribution < -0.4 is 4.90 Å². The standard InChI is InChI=1S/C16H19Cl2N3O/c1-3-12-7-5-6-8-15(12)21(16(22)14(18)4-2)11-20-10-13(17)9-19-20/h5-10,14H,3-4,11H2,1-2H3. The Labute approximate surface area is 140 Å². The van der Waals surface area contributed by atoms with Gasteiger partial charge < -0.3 is 0 Å². The van der Waals surface area contributed by atoms with Crippen molar-refractivity contribution in [3.8, 4) is 0 Å². The summed E-state index contributed by atoms with van der Waals surface area (Å²) in [5, 5.41) is 4.13. The number of aromatic nitrogens is 2. The van der Waals surface area contributed by atoms with Gasteiger partial charge in [-0.1, -0.05) is 43.6 Å². The first-order valence-electron chi connectivity index (χ1n) is 7.28. The van der Waals surface area contributed by atoms with Gasteiger partial charge in [0.15, 0.2) is 0 Å². The lowest BCUT2D eigenvalue weighted by Crippen LogP contribution is -2.38. The fourth-order valence-corrected chi connectivity index (χ4v) is 2.52. The molecule has 0 aliphatic rings. The lowest BCUT2D eigenvalue weighted by atomic mass is 10.1. The van der Waals surface area contributed by atoms with E-state index >= 15 is 0 Å². The zero-order valence-electron chi connectivity index (χ0n) is 12.7. The van der Waals surface area contributed by atoms with Crippen molar-refractivity contribution in [1.82, 2.24) is 9.78 Å². The Kier molecular flexibility index (Phi) is 5.86. The number of carbonyl (C=O) groups excluding carboxylic acids is 1. The van der Waals surface area contributed by atoms with Crippen LogP contribution >= 0.6 is 23.2 Å². The topological polar surface area (TPSA) is 38.1 Å². The van der Waals surface area contributed by atoms with Crippen LogP contribution in [0.5, 0.6) is 0 Å². The molecule has 1 aromatic heterocycles. The van der Waals surface area contributed by atoms with Crippen molar-refractivity contribution in [2.45, 2.75) is 38.7 Å². The molecule has 1 unspecified atom stereocenters. The van der Waals surface area contributed by atoms with E-state index in [9.17, 15) is 4.79 Å². The number of hydrogen-bond acceptors (Lipinski definition) is 2. The van der Waals surface area contributed by atoms with Crippen LogP contribution in [0.15, 0.2) is 36.7 Å². The van der Waals surface area contributed by atoms with Crippen molar-refractivity contribution in [1.29, 1.82) is 0 Å². The Morgan fingerprint density at radius 1 is 1.36 bits per heavy atom. The Hall–Kier alpha value is -1.52. The molecule has 2 aromatic rings. The van der Waals surface area contributed by atoms with Gasteiger partial charge in [-0.2, -0.15) is 5.10 Å². The van der Waals surface area contributed by atoms with Crippen molar-refractivity contribution >= 4 is 34.8 Å². The minimum absolute atomic E-state index is 0.128. The van der Waals surface area contributed by atoms with Crippen LogP contribution in [0.25, 0.3) is 0 Å². The number of anilines is 1. The number of amides is 1. The fourth-order valence-electron chi connectivity index (χ4n) is 2.24. The van der Waals surface area contributed by atoms with Gasteiger partial charge in [-0.3, -0.25) is 14.4 Å². The van der Waals surface area contributed by atoms with Crippen LogP contribution in [0, 0.1) is 0 Å². The molecule has 0 saturated heterocycles. The van der Waals surface area contributed by atoms with Gasteiger partial charge in [0.2, 0.25) is 5.91 Å². The molecule has 0 saturated carbocycles. The van der Waals surface area contributed by atoms with Gasteiger partial charge in [-0.25, -0.2) is 0 Å². The highest BCUT2D eigenvalue weighted by molar-refractivity contribution is 6.32. The minimum Gasteiger partial charge on any atom is -0.291 e. The minimum atomic E-state index is -0.559. The van der Waals surface area contributed by atoms with E-state index in [2.05, 4.69) is 12.0 Å². The molecule has 0 aliphatic heterocycles. The summed E-state index contributed by atoms with van der Waals surface area (Å²) >= 11 is 12.1. The predicted molar refractivity (Wildman–Crippen MR) is 90.5 cm³/mol. The summed E-state index contributed by atoms with van der Waals surface area (Å²) in [6, 6.07) is 7.83. The second kappa shape index (κ2) is 7.65. The second-order valence-electron chi connectivity index (χ2n) is 4.96. The number of halogens is 2. The highest BCUT2D eigenvalue weighted by Gasteiger charge is 2.24. The SMILES string of the molecule is CCc1ccccc1N(Cn1cc(Cl)cn1)C(=O)C(Cl)CC. The normalized spacial score (nSPS) is 12.2. The van der Waals surface area contributed by atoms with Gasteiger partial charge in [0.05, 0.1) is 11.2 Å². The van der Waals surface area contributed by atoms with Gasteiger partial charge >= 0.3 is 0 Å². The van der Waals surface area contributed by atoms with Crippen molar-refractivity contribution in [3.63, 3.8) is 0 Å². The Balaban J connectivity index is 2.38. The predicted octanol–water partition coefficient (Wildman–Crippen LogP) is 4.11. The van der Waals surface area contributed by atoms with Gasteiger partial charge in [-0.15, -0.1) is 11.6 Å². The number of alkyl halides is 1. The van der Waals surface area contributed by atoms with E-state index in [4.69, 9.17) is 23.2 Å². The monoisotopic (exact) mass is 339 g/mol. The second-order valence-corrected chi connectivity index (χ2v) is 5.93. The van der Waals surface area contributed by atoms with Crippen LogP contribution in [0.1, 0.15) is 25.8 Å². The summed E-state index contributed by atoms with van der Waals surface area (Å²) < 4.78 is 1.63. The van der Waals surface area contributed by atoms with E-state index in [0.717, 1.165) is 17.7 Å². The third-order valence-corrected chi connectivity index (χ3v) is 4.13. The van der Waals surface area contributed by atoms with Crippen LogP contribution in [-0.4, -0.2) is 21.1 Å². The highest BCUT2D eigenvalue weighted by atomic mass is 35.5. The van der Waals surface area contributed by atoms with Crippen molar-refractivity contribution < 1.29 is 4.79 Å². The Bertz CT molecular complexity index is 642. The van der Waals surface area contributed by atoms with Crippen LogP contribution in [0.3, 0.4) is 0 Å². The van der Waals surface area contributed by atoms with E-state index < -0.39 is 5.38 Å². The number of benzene rings is 1. The number of para-hydroxylation sites is 1. The molecule has 1 aromatic carbocycles. The van der Waals surface area contributed by atoms with Crippen molar-refractivity contribution in [2.24, 2.45) is 0 Å². The van der Waals surface area contributed by atoms with Gasteiger partial charge in [-0.05, 0) is 24.5 Å². The summed E-state index contributed by atoms with van der Waals surface area (Å²) in [6.07, 6.45) is 4.64. The number of nitrogens with zero attached hydrogens (tertiary/aromatic N) is 3. The molecule has 0 radical (unpaired) electrons. The number of hydrogen-bond donors (Lipinski definition) is 0. The van der Waals surface area contributed by atoms with E-state index in [1.54, 1.807) is 22.0 Å². The molecule has 0 fully saturated rings. The molecule has 4 nitrogen and oxygen atoms in total. The average molecular weight is 340 g/mol. The smallest absolute Gasteiger partial charge is 0.246 e. The molecule has 0 bridgehead atoms. The molecule has 22 heavy (non-hydrogen) atoms. The van der Waals surface area contributed by atoms with Crippen LogP contribution in [0.4, 0.5) is 5.69 Å². The van der Waals surface area contributed by atoms with E-state index in [-0.39, 0.29) is 12.6 Å².